The Morgan fingerprint density at radius 3 is 2.48 bits per heavy atom. The van der Waals surface area contributed by atoms with Crippen molar-refractivity contribution in [1.82, 2.24) is 4.90 Å². The average molecular weight is 365 g/mol. The summed E-state index contributed by atoms with van der Waals surface area (Å²) in [6.45, 7) is 5.32. The molecule has 1 aliphatic rings. The molecule has 3 aromatic rings. The zero-order valence-corrected chi connectivity index (χ0v) is 16.1. The van der Waals surface area contributed by atoms with Crippen LogP contribution in [0.25, 0.3) is 21.5 Å². The minimum absolute atomic E-state index is 0.0296. The number of benzene rings is 3. The van der Waals surface area contributed by atoms with Crippen LogP contribution in [-0.2, 0) is 26.2 Å². The maximum Gasteiger partial charge on any atom is 0.125 e. The predicted octanol–water partition coefficient (Wildman–Crippen LogP) is 3.75. The smallest absolute Gasteiger partial charge is 0.125 e. The molecule has 1 aliphatic heterocycles. The summed E-state index contributed by atoms with van der Waals surface area (Å²) in [6.07, 6.45) is 2.18. The van der Waals surface area contributed by atoms with E-state index < -0.39 is 0 Å². The third-order valence-corrected chi connectivity index (χ3v) is 5.76. The molecule has 4 rings (SSSR count). The lowest BCUT2D eigenvalue weighted by Gasteiger charge is -2.31. The first-order chi connectivity index (χ1) is 13.2. The standard InChI is InChI=1S/C23H27NO3/c1-3-7-24-8-6-18-17-5-4-15(13-25)9-19(17)20-10-16(14-26)23(27-2)11-21(20)22(18)12-24/h4-5,9-11,25-26H,3,6-8,12-14H2,1-2H3. The zero-order valence-electron chi connectivity index (χ0n) is 16.1. The maximum atomic E-state index is 9.80. The lowest BCUT2D eigenvalue weighted by atomic mass is 9.86. The lowest BCUT2D eigenvalue weighted by molar-refractivity contribution is 0.256. The van der Waals surface area contributed by atoms with Gasteiger partial charge in [0.1, 0.15) is 5.75 Å². The van der Waals surface area contributed by atoms with Crippen molar-refractivity contribution < 1.29 is 14.9 Å². The van der Waals surface area contributed by atoms with Crippen molar-refractivity contribution >= 4 is 21.5 Å². The molecule has 0 radical (unpaired) electrons. The summed E-state index contributed by atoms with van der Waals surface area (Å²) in [5.41, 5.74) is 4.49. The van der Waals surface area contributed by atoms with E-state index in [2.05, 4.69) is 36.1 Å². The molecule has 0 atom stereocenters. The predicted molar refractivity (Wildman–Crippen MR) is 109 cm³/mol. The van der Waals surface area contributed by atoms with Gasteiger partial charge in [-0.25, -0.2) is 0 Å². The Hall–Kier alpha value is -2.14. The SMILES string of the molecule is CCCN1CCc2c(c3cc(OC)c(CO)cc3c3cc(CO)ccc23)C1. The molecule has 0 saturated heterocycles. The molecule has 0 spiro atoms. The second-order valence-electron chi connectivity index (χ2n) is 7.39. The number of methoxy groups -OCH3 is 1. The largest absolute Gasteiger partial charge is 0.496 e. The number of aliphatic hydroxyl groups is 2. The van der Waals surface area contributed by atoms with E-state index in [1.165, 1.54) is 21.9 Å². The van der Waals surface area contributed by atoms with Gasteiger partial charge in [-0.3, -0.25) is 4.90 Å². The topological polar surface area (TPSA) is 52.9 Å². The molecule has 0 fully saturated rings. The van der Waals surface area contributed by atoms with E-state index in [0.717, 1.165) is 60.1 Å². The van der Waals surface area contributed by atoms with Gasteiger partial charge in [0.15, 0.2) is 0 Å². The third-order valence-electron chi connectivity index (χ3n) is 5.76. The highest BCUT2D eigenvalue weighted by atomic mass is 16.5. The molecule has 4 nitrogen and oxygen atoms in total. The van der Waals surface area contributed by atoms with E-state index in [1.54, 1.807) is 7.11 Å². The maximum absolute atomic E-state index is 9.80. The third kappa shape index (κ3) is 3.08. The fourth-order valence-corrected chi connectivity index (χ4v) is 4.46. The summed E-state index contributed by atoms with van der Waals surface area (Å²) in [4.78, 5) is 2.52. The minimum Gasteiger partial charge on any atom is -0.496 e. The van der Waals surface area contributed by atoms with Gasteiger partial charge in [-0.05, 0) is 75.8 Å². The van der Waals surface area contributed by atoms with Crippen LogP contribution >= 0.6 is 0 Å². The van der Waals surface area contributed by atoms with Crippen LogP contribution < -0.4 is 4.74 Å². The Bertz CT molecular complexity index is 996. The van der Waals surface area contributed by atoms with Gasteiger partial charge >= 0.3 is 0 Å². The van der Waals surface area contributed by atoms with Crippen LogP contribution in [0.2, 0.25) is 0 Å². The molecule has 0 saturated carbocycles. The van der Waals surface area contributed by atoms with Gasteiger partial charge in [0.05, 0.1) is 20.3 Å². The Kier molecular flexibility index (Phi) is 5.04. The number of hydrogen-bond donors (Lipinski definition) is 2. The van der Waals surface area contributed by atoms with Crippen LogP contribution in [0.15, 0.2) is 30.3 Å². The summed E-state index contributed by atoms with van der Waals surface area (Å²) in [7, 11) is 1.65. The minimum atomic E-state index is -0.0562. The van der Waals surface area contributed by atoms with Gasteiger partial charge in [0.2, 0.25) is 0 Å². The normalized spacial score (nSPS) is 14.7. The highest BCUT2D eigenvalue weighted by molar-refractivity contribution is 6.11. The quantitative estimate of drug-likeness (QED) is 0.676. The fraction of sp³-hybridized carbons (Fsp3) is 0.391. The first kappa shape index (κ1) is 18.2. The van der Waals surface area contributed by atoms with Gasteiger partial charge in [-0.15, -0.1) is 0 Å². The molecule has 0 bridgehead atoms. The number of nitrogens with zero attached hydrogens (tertiary/aromatic N) is 1. The van der Waals surface area contributed by atoms with Crippen molar-refractivity contribution in [1.29, 1.82) is 0 Å². The molecular formula is C23H27NO3. The van der Waals surface area contributed by atoms with Crippen LogP contribution in [0.3, 0.4) is 0 Å². The summed E-state index contributed by atoms with van der Waals surface area (Å²) in [5.74, 6) is 0.734. The van der Waals surface area contributed by atoms with Crippen LogP contribution in [0, 0.1) is 0 Å². The van der Waals surface area contributed by atoms with E-state index in [1.807, 2.05) is 6.07 Å². The van der Waals surface area contributed by atoms with Crippen molar-refractivity contribution in [3.05, 3.63) is 52.6 Å². The Morgan fingerprint density at radius 2 is 1.78 bits per heavy atom. The molecule has 0 unspecified atom stereocenters. The second kappa shape index (κ2) is 7.47. The molecule has 0 aromatic heterocycles. The molecule has 142 valence electrons. The number of hydrogen-bond acceptors (Lipinski definition) is 4. The van der Waals surface area contributed by atoms with E-state index >= 15 is 0 Å². The monoisotopic (exact) mass is 365 g/mol. The number of fused-ring (bicyclic) bond motifs is 6. The Balaban J connectivity index is 2.07. The number of rotatable bonds is 5. The molecule has 3 aromatic carbocycles. The van der Waals surface area contributed by atoms with Crippen LogP contribution in [0.5, 0.6) is 5.75 Å². The van der Waals surface area contributed by atoms with Crippen molar-refractivity contribution in [2.45, 2.75) is 39.5 Å². The van der Waals surface area contributed by atoms with Gasteiger partial charge in [-0.2, -0.15) is 0 Å². The zero-order chi connectivity index (χ0) is 19.0. The summed E-state index contributed by atoms with van der Waals surface area (Å²) in [6, 6.07) is 10.4. The van der Waals surface area contributed by atoms with Gasteiger partial charge < -0.3 is 14.9 Å². The van der Waals surface area contributed by atoms with Gasteiger partial charge in [0, 0.05) is 18.7 Å². The average Bonchev–Trinajstić information content (AvgIpc) is 2.72. The van der Waals surface area contributed by atoms with E-state index in [-0.39, 0.29) is 13.2 Å². The molecular weight excluding hydrogens is 338 g/mol. The molecule has 4 heteroatoms. The van der Waals surface area contributed by atoms with E-state index in [9.17, 15) is 10.2 Å². The molecule has 0 aliphatic carbocycles. The van der Waals surface area contributed by atoms with Crippen LogP contribution in [-0.4, -0.2) is 35.3 Å². The lowest BCUT2D eigenvalue weighted by Crippen LogP contribution is -2.31. The van der Waals surface area contributed by atoms with E-state index in [0.29, 0.717) is 0 Å². The van der Waals surface area contributed by atoms with Crippen molar-refractivity contribution in [2.75, 3.05) is 20.2 Å². The first-order valence-corrected chi connectivity index (χ1v) is 9.71. The van der Waals surface area contributed by atoms with Gasteiger partial charge in [-0.1, -0.05) is 19.1 Å². The molecule has 2 N–H and O–H groups in total. The van der Waals surface area contributed by atoms with Gasteiger partial charge in [0.25, 0.3) is 0 Å². The highest BCUT2D eigenvalue weighted by Crippen LogP contribution is 2.39. The molecule has 0 amide bonds. The molecule has 27 heavy (non-hydrogen) atoms. The van der Waals surface area contributed by atoms with Crippen molar-refractivity contribution in [3.63, 3.8) is 0 Å². The molecule has 1 heterocycles. The summed E-state index contributed by atoms with van der Waals surface area (Å²) < 4.78 is 5.55. The number of aliphatic hydroxyl groups excluding tert-OH is 2. The Morgan fingerprint density at radius 1 is 0.963 bits per heavy atom. The second-order valence-corrected chi connectivity index (χ2v) is 7.39. The summed E-state index contributed by atoms with van der Waals surface area (Å²) in [5, 5.41) is 24.2. The van der Waals surface area contributed by atoms with Crippen molar-refractivity contribution in [2.24, 2.45) is 0 Å². The van der Waals surface area contributed by atoms with Crippen LogP contribution in [0.4, 0.5) is 0 Å². The Labute approximate surface area is 160 Å². The fourth-order valence-electron chi connectivity index (χ4n) is 4.46. The number of ether oxygens (including phenoxy) is 1. The summed E-state index contributed by atoms with van der Waals surface area (Å²) >= 11 is 0. The van der Waals surface area contributed by atoms with E-state index in [4.69, 9.17) is 4.74 Å². The van der Waals surface area contributed by atoms with Crippen LogP contribution in [0.1, 0.15) is 35.6 Å². The first-order valence-electron chi connectivity index (χ1n) is 9.71. The van der Waals surface area contributed by atoms with Crippen molar-refractivity contribution in [3.8, 4) is 5.75 Å². The highest BCUT2D eigenvalue weighted by Gasteiger charge is 2.22.